The molecule has 0 bridgehead atoms. The number of nitrogens with one attached hydrogen (secondary N) is 1. The maximum absolute atomic E-state index is 16.8. The molecule has 1 N–H and O–H groups in total. The van der Waals surface area contributed by atoms with Gasteiger partial charge in [0.05, 0.1) is 17.5 Å². The van der Waals surface area contributed by atoms with Crippen LogP contribution in [0.2, 0.25) is 0 Å². The Bertz CT molecular complexity index is 1670. The van der Waals surface area contributed by atoms with E-state index in [1.807, 2.05) is 0 Å². The first-order valence-electron chi connectivity index (χ1n) is 13.0. The second-order valence-corrected chi connectivity index (χ2v) is 9.82. The molecule has 2 heterocycles. The van der Waals surface area contributed by atoms with E-state index in [1.54, 1.807) is 60.7 Å². The van der Waals surface area contributed by atoms with Gasteiger partial charge in [-0.1, -0.05) is 60.7 Å². The van der Waals surface area contributed by atoms with Gasteiger partial charge in [0.1, 0.15) is 18.5 Å². The van der Waals surface area contributed by atoms with Gasteiger partial charge in [-0.2, -0.15) is 4.98 Å². The molecule has 10 nitrogen and oxygen atoms in total. The van der Waals surface area contributed by atoms with Crippen LogP contribution in [-0.2, 0) is 9.47 Å². The molecule has 1 aromatic heterocycles. The highest BCUT2D eigenvalue weighted by Gasteiger charge is 2.57. The number of hydrogen-bond acceptors (Lipinski definition) is 8. The van der Waals surface area contributed by atoms with Crippen LogP contribution in [0.4, 0.5) is 10.2 Å². The third kappa shape index (κ3) is 5.68. The Morgan fingerprint density at radius 2 is 1.60 bits per heavy atom. The zero-order valence-corrected chi connectivity index (χ0v) is 22.3. The number of hydrogen-bond donors (Lipinski definition) is 1. The average Bonchev–Trinajstić information content (AvgIpc) is 3.26. The fourth-order valence-corrected chi connectivity index (χ4v) is 5.08. The molecule has 1 aliphatic rings. The number of ether oxygens (including phenoxy) is 2. The lowest BCUT2D eigenvalue weighted by Crippen LogP contribution is -2.39. The maximum Gasteiger partial charge on any atom is 0.351 e. The van der Waals surface area contributed by atoms with E-state index < -0.39 is 54.1 Å². The van der Waals surface area contributed by atoms with Crippen LogP contribution in [-0.4, -0.2) is 45.8 Å². The number of alkyl halides is 1. The van der Waals surface area contributed by atoms with Crippen molar-refractivity contribution < 1.29 is 33.4 Å². The molecule has 4 aromatic rings. The highest BCUT2D eigenvalue weighted by Crippen LogP contribution is 2.51. The molecular weight excluding hydrogens is 545 g/mol. The minimum absolute atomic E-state index is 0.0542. The number of carboxylic acid groups (broad SMARTS) is 1. The monoisotopic (exact) mass is 570 g/mol. The van der Waals surface area contributed by atoms with Gasteiger partial charge >= 0.3 is 11.7 Å². The van der Waals surface area contributed by atoms with E-state index in [0.29, 0.717) is 5.56 Å². The van der Waals surface area contributed by atoms with Crippen molar-refractivity contribution in [1.82, 2.24) is 9.55 Å². The molecule has 4 atom stereocenters. The van der Waals surface area contributed by atoms with Crippen molar-refractivity contribution in [2.45, 2.75) is 30.8 Å². The fraction of sp³-hybridized carbons (Fsp3) is 0.194. The molecule has 5 rings (SSSR count). The van der Waals surface area contributed by atoms with E-state index in [9.17, 15) is 24.3 Å². The summed E-state index contributed by atoms with van der Waals surface area (Å²) in [5, 5.41) is 14.4. The Balaban J connectivity index is 1.46. The molecule has 0 spiro atoms. The number of aromatic nitrogens is 2. The summed E-state index contributed by atoms with van der Waals surface area (Å²) in [7, 11) is 0. The Morgan fingerprint density at radius 3 is 2.24 bits per heavy atom. The standard InChI is InChI=1S/C31H26FN3O7/c1-31(32)25(21-14-8-9-15-22(21)27(37)38)23(18-41-28(39)20-12-6-3-7-13-20)42-29(31)35-17-16-24(34-30(35)40)33-26(36)19-10-4-2-5-11-19/h2-17,23,25,29H,18H2,1H3,(H,37,38)(H,33,34,36,40)/p-1/t23-,25-,29+,31-/m1/s1. The van der Waals surface area contributed by atoms with Gasteiger partial charge in [0, 0.05) is 17.3 Å². The first kappa shape index (κ1) is 28.4. The summed E-state index contributed by atoms with van der Waals surface area (Å²) in [6, 6.07) is 23.5. The van der Waals surface area contributed by atoms with Crippen molar-refractivity contribution in [3.05, 3.63) is 130 Å². The van der Waals surface area contributed by atoms with Crippen molar-refractivity contribution in [2.75, 3.05) is 11.9 Å². The van der Waals surface area contributed by atoms with E-state index in [0.717, 1.165) is 4.57 Å². The molecule has 1 saturated heterocycles. The van der Waals surface area contributed by atoms with Gasteiger partial charge in [0.25, 0.3) is 5.91 Å². The number of amides is 1. The van der Waals surface area contributed by atoms with Crippen molar-refractivity contribution in [3.8, 4) is 0 Å². The van der Waals surface area contributed by atoms with Crippen LogP contribution in [0.15, 0.2) is 102 Å². The van der Waals surface area contributed by atoms with Gasteiger partial charge < -0.3 is 24.7 Å². The number of nitrogens with zero attached hydrogens (tertiary/aromatic N) is 2. The van der Waals surface area contributed by atoms with E-state index in [4.69, 9.17) is 9.47 Å². The van der Waals surface area contributed by atoms with Crippen LogP contribution in [0.1, 0.15) is 55.7 Å². The Labute approximate surface area is 239 Å². The number of carboxylic acids is 1. The molecule has 1 amide bonds. The van der Waals surface area contributed by atoms with E-state index in [1.165, 1.54) is 43.5 Å². The van der Waals surface area contributed by atoms with Gasteiger partial charge in [0.15, 0.2) is 11.9 Å². The van der Waals surface area contributed by atoms with Crippen LogP contribution in [0.3, 0.4) is 0 Å². The van der Waals surface area contributed by atoms with Gasteiger partial charge in [-0.15, -0.1) is 0 Å². The van der Waals surface area contributed by atoms with E-state index in [-0.39, 0.29) is 22.5 Å². The summed E-state index contributed by atoms with van der Waals surface area (Å²) < 4.78 is 29.2. The third-order valence-electron chi connectivity index (χ3n) is 7.03. The molecular formula is C31H25FN3O7-. The minimum Gasteiger partial charge on any atom is -0.545 e. The SMILES string of the molecule is C[C@@]1(F)[C@H](c2ccccc2C(=O)[O-])[C@@H](COC(=O)c2ccccc2)O[C@@H]1n1ccc(NC(=O)c2ccccc2)nc1=O. The Morgan fingerprint density at radius 1 is 0.976 bits per heavy atom. The lowest BCUT2D eigenvalue weighted by molar-refractivity contribution is -0.255. The van der Waals surface area contributed by atoms with Gasteiger partial charge in [-0.05, 0) is 42.8 Å². The van der Waals surface area contributed by atoms with Crippen LogP contribution in [0.25, 0.3) is 0 Å². The predicted octanol–water partition coefficient (Wildman–Crippen LogP) is 3.13. The summed E-state index contributed by atoms with van der Waals surface area (Å²) in [5.41, 5.74) is -2.92. The number of aromatic carboxylic acids is 1. The first-order valence-corrected chi connectivity index (χ1v) is 13.0. The number of rotatable bonds is 8. The lowest BCUT2D eigenvalue weighted by Gasteiger charge is -2.30. The average molecular weight is 571 g/mol. The lowest BCUT2D eigenvalue weighted by atomic mass is 9.80. The molecule has 11 heteroatoms. The smallest absolute Gasteiger partial charge is 0.351 e. The molecule has 214 valence electrons. The summed E-state index contributed by atoms with van der Waals surface area (Å²) in [4.78, 5) is 54.0. The first-order chi connectivity index (χ1) is 20.2. The highest BCUT2D eigenvalue weighted by molar-refractivity contribution is 6.03. The van der Waals surface area contributed by atoms with Gasteiger partial charge in [0.2, 0.25) is 0 Å². The van der Waals surface area contributed by atoms with Crippen LogP contribution in [0, 0.1) is 0 Å². The molecule has 0 unspecified atom stereocenters. The van der Waals surface area contributed by atoms with Crippen molar-refractivity contribution in [3.63, 3.8) is 0 Å². The van der Waals surface area contributed by atoms with Crippen LogP contribution < -0.4 is 16.1 Å². The second kappa shape index (κ2) is 11.8. The van der Waals surface area contributed by atoms with Crippen molar-refractivity contribution in [2.24, 2.45) is 0 Å². The third-order valence-corrected chi connectivity index (χ3v) is 7.03. The molecule has 42 heavy (non-hydrogen) atoms. The summed E-state index contributed by atoms with van der Waals surface area (Å²) in [6.45, 7) is 0.730. The van der Waals surface area contributed by atoms with Crippen molar-refractivity contribution >= 4 is 23.7 Å². The maximum atomic E-state index is 16.8. The highest BCUT2D eigenvalue weighted by atomic mass is 19.1. The summed E-state index contributed by atoms with van der Waals surface area (Å²) in [6.07, 6.45) is -1.56. The zero-order valence-electron chi connectivity index (χ0n) is 22.3. The molecule has 0 saturated carbocycles. The number of carbonyl (C=O) groups excluding carboxylic acids is 3. The Hall–Kier alpha value is -5.16. The number of esters is 1. The summed E-state index contributed by atoms with van der Waals surface area (Å²) in [5.74, 6) is -4.05. The molecule has 0 radical (unpaired) electrons. The van der Waals surface area contributed by atoms with Gasteiger partial charge in [-0.3, -0.25) is 9.36 Å². The molecule has 1 aliphatic heterocycles. The largest absolute Gasteiger partial charge is 0.545 e. The molecule has 0 aliphatic carbocycles. The topological polar surface area (TPSA) is 140 Å². The number of anilines is 1. The molecule has 1 fully saturated rings. The second-order valence-electron chi connectivity index (χ2n) is 9.82. The molecule has 3 aromatic carbocycles. The predicted molar refractivity (Wildman–Crippen MR) is 147 cm³/mol. The zero-order chi connectivity index (χ0) is 29.9. The number of halogens is 1. The van der Waals surface area contributed by atoms with E-state index in [2.05, 4.69) is 10.3 Å². The number of benzene rings is 3. The van der Waals surface area contributed by atoms with E-state index >= 15 is 4.39 Å². The Kier molecular flexibility index (Phi) is 7.94. The normalized spacial score (nSPS) is 21.4. The number of carbonyl (C=O) groups is 3. The quantitative estimate of drug-likeness (QED) is 0.319. The van der Waals surface area contributed by atoms with Crippen molar-refractivity contribution in [1.29, 1.82) is 0 Å². The fourth-order valence-electron chi connectivity index (χ4n) is 5.08. The van der Waals surface area contributed by atoms with Crippen LogP contribution in [0.5, 0.6) is 0 Å². The van der Waals surface area contributed by atoms with Crippen LogP contribution >= 0.6 is 0 Å². The van der Waals surface area contributed by atoms with Gasteiger partial charge in [-0.25, -0.2) is 14.0 Å². The minimum atomic E-state index is -2.39. The summed E-state index contributed by atoms with van der Waals surface area (Å²) >= 11 is 0.